The summed E-state index contributed by atoms with van der Waals surface area (Å²) in [5.74, 6) is 0.855. The van der Waals surface area contributed by atoms with E-state index in [9.17, 15) is 13.6 Å². The Morgan fingerprint density at radius 1 is 1.03 bits per heavy atom. The van der Waals surface area contributed by atoms with E-state index in [1.54, 1.807) is 18.2 Å². The van der Waals surface area contributed by atoms with Crippen molar-refractivity contribution >= 4 is 28.7 Å². The number of ether oxygens (including phenoxy) is 2. The Hall–Kier alpha value is -3.44. The quantitative estimate of drug-likeness (QED) is 0.539. The molecule has 2 fully saturated rings. The highest BCUT2D eigenvalue weighted by molar-refractivity contribution is 5.96. The SMILES string of the molecule is C[C@H]1COCCN1c1nc(N2CCOC[C@@H]2C)c2ccc(-c3cccc(C(=O)NCC(F)F)c3)nc2n1. The molecule has 1 amide bonds. The van der Waals surface area contributed by atoms with Gasteiger partial charge in [-0.15, -0.1) is 0 Å². The highest BCUT2D eigenvalue weighted by atomic mass is 19.3. The van der Waals surface area contributed by atoms with Crippen LogP contribution in [-0.4, -0.2) is 85.4 Å². The number of nitrogens with one attached hydrogen (secondary N) is 1. The van der Waals surface area contributed by atoms with Crippen molar-refractivity contribution < 1.29 is 23.0 Å². The summed E-state index contributed by atoms with van der Waals surface area (Å²) in [6.07, 6.45) is -2.61. The van der Waals surface area contributed by atoms with Crippen LogP contribution in [0.25, 0.3) is 22.3 Å². The Kier molecular flexibility index (Phi) is 7.43. The van der Waals surface area contributed by atoms with Crippen LogP contribution in [0.15, 0.2) is 36.4 Å². The number of morpholine rings is 2. The number of pyridine rings is 1. The molecule has 0 radical (unpaired) electrons. The number of hydrogen-bond acceptors (Lipinski definition) is 8. The van der Waals surface area contributed by atoms with Gasteiger partial charge >= 0.3 is 0 Å². The second kappa shape index (κ2) is 10.9. The molecule has 0 bridgehead atoms. The zero-order valence-electron chi connectivity index (χ0n) is 20.9. The Labute approximate surface area is 213 Å². The molecule has 3 aromatic rings. The Balaban J connectivity index is 1.56. The Morgan fingerprint density at radius 3 is 2.46 bits per heavy atom. The van der Waals surface area contributed by atoms with E-state index in [0.29, 0.717) is 62.4 Å². The van der Waals surface area contributed by atoms with Crippen molar-refractivity contribution in [3.8, 4) is 11.3 Å². The first kappa shape index (κ1) is 25.2. The summed E-state index contributed by atoms with van der Waals surface area (Å²) in [5, 5.41) is 3.07. The number of amides is 1. The molecule has 2 aliphatic heterocycles. The third-order valence-electron chi connectivity index (χ3n) is 6.63. The number of nitrogens with zero attached hydrogens (tertiary/aromatic N) is 5. The average Bonchev–Trinajstić information content (AvgIpc) is 2.91. The molecule has 1 aromatic carbocycles. The molecule has 0 saturated carbocycles. The predicted molar refractivity (Wildman–Crippen MR) is 136 cm³/mol. The van der Waals surface area contributed by atoms with Crippen LogP contribution in [0.5, 0.6) is 0 Å². The van der Waals surface area contributed by atoms with Gasteiger partial charge in [0.05, 0.1) is 56.1 Å². The molecule has 11 heteroatoms. The molecule has 2 atom stereocenters. The summed E-state index contributed by atoms with van der Waals surface area (Å²) in [7, 11) is 0. The Bertz CT molecular complexity index is 1280. The third-order valence-corrected chi connectivity index (χ3v) is 6.63. The monoisotopic (exact) mass is 512 g/mol. The van der Waals surface area contributed by atoms with Gasteiger partial charge in [-0.1, -0.05) is 12.1 Å². The zero-order valence-corrected chi connectivity index (χ0v) is 20.9. The average molecular weight is 513 g/mol. The van der Waals surface area contributed by atoms with Crippen molar-refractivity contribution in [3.05, 3.63) is 42.0 Å². The minimum Gasteiger partial charge on any atom is -0.377 e. The second-order valence-corrected chi connectivity index (χ2v) is 9.33. The number of aromatic nitrogens is 3. The molecule has 0 spiro atoms. The van der Waals surface area contributed by atoms with Gasteiger partial charge in [-0.05, 0) is 38.1 Å². The molecule has 9 nitrogen and oxygen atoms in total. The number of rotatable bonds is 6. The van der Waals surface area contributed by atoms with Crippen molar-refractivity contribution in [2.75, 3.05) is 55.9 Å². The van der Waals surface area contributed by atoms with Crippen LogP contribution in [0.3, 0.4) is 0 Å². The number of fused-ring (bicyclic) bond motifs is 1. The highest BCUT2D eigenvalue weighted by Crippen LogP contribution is 2.31. The molecule has 37 heavy (non-hydrogen) atoms. The fraction of sp³-hybridized carbons (Fsp3) is 0.462. The first-order chi connectivity index (χ1) is 17.9. The molecule has 0 unspecified atom stereocenters. The summed E-state index contributed by atoms with van der Waals surface area (Å²) in [5.41, 5.74) is 2.14. The number of carbonyl (C=O) groups is 1. The first-order valence-corrected chi connectivity index (χ1v) is 12.4. The van der Waals surface area contributed by atoms with E-state index < -0.39 is 18.9 Å². The van der Waals surface area contributed by atoms with E-state index in [-0.39, 0.29) is 17.6 Å². The number of benzene rings is 1. The van der Waals surface area contributed by atoms with Crippen LogP contribution < -0.4 is 15.1 Å². The van der Waals surface area contributed by atoms with Crippen LogP contribution in [0.1, 0.15) is 24.2 Å². The van der Waals surface area contributed by atoms with E-state index in [2.05, 4.69) is 29.0 Å². The summed E-state index contributed by atoms with van der Waals surface area (Å²) in [6, 6.07) is 10.8. The first-order valence-electron chi connectivity index (χ1n) is 12.4. The number of halogens is 2. The van der Waals surface area contributed by atoms with Crippen molar-refractivity contribution in [2.24, 2.45) is 0 Å². The summed E-state index contributed by atoms with van der Waals surface area (Å²) < 4.78 is 36.3. The van der Waals surface area contributed by atoms with E-state index in [4.69, 9.17) is 24.4 Å². The highest BCUT2D eigenvalue weighted by Gasteiger charge is 2.27. The van der Waals surface area contributed by atoms with Crippen molar-refractivity contribution in [1.29, 1.82) is 0 Å². The molecule has 2 aromatic heterocycles. The fourth-order valence-corrected chi connectivity index (χ4v) is 4.65. The minimum atomic E-state index is -2.61. The van der Waals surface area contributed by atoms with Gasteiger partial charge in [0.2, 0.25) is 5.95 Å². The lowest BCUT2D eigenvalue weighted by molar-refractivity contribution is 0.0891. The maximum absolute atomic E-state index is 12.5. The molecular formula is C26H30F2N6O3. The number of carbonyl (C=O) groups excluding carboxylic acids is 1. The lowest BCUT2D eigenvalue weighted by atomic mass is 10.1. The van der Waals surface area contributed by atoms with Gasteiger partial charge in [-0.3, -0.25) is 4.79 Å². The van der Waals surface area contributed by atoms with Crippen LogP contribution in [0.4, 0.5) is 20.5 Å². The zero-order chi connectivity index (χ0) is 25.9. The Morgan fingerprint density at radius 2 is 1.76 bits per heavy atom. The number of hydrogen-bond donors (Lipinski definition) is 1. The van der Waals surface area contributed by atoms with Gasteiger partial charge in [0, 0.05) is 24.2 Å². The largest absolute Gasteiger partial charge is 0.377 e. The second-order valence-electron chi connectivity index (χ2n) is 9.33. The maximum Gasteiger partial charge on any atom is 0.255 e. The molecule has 1 N–H and O–H groups in total. The van der Waals surface area contributed by atoms with Gasteiger partial charge < -0.3 is 24.6 Å². The van der Waals surface area contributed by atoms with Crippen LogP contribution in [-0.2, 0) is 9.47 Å². The summed E-state index contributed by atoms with van der Waals surface area (Å²) in [6.45, 7) is 7.31. The van der Waals surface area contributed by atoms with Crippen LogP contribution in [0.2, 0.25) is 0 Å². The lowest BCUT2D eigenvalue weighted by Gasteiger charge is -2.37. The molecule has 196 valence electrons. The van der Waals surface area contributed by atoms with Crippen LogP contribution >= 0.6 is 0 Å². The molecule has 4 heterocycles. The van der Waals surface area contributed by atoms with Gasteiger partial charge in [0.1, 0.15) is 5.82 Å². The van der Waals surface area contributed by atoms with Crippen molar-refractivity contribution in [3.63, 3.8) is 0 Å². The summed E-state index contributed by atoms with van der Waals surface area (Å²) in [4.78, 5) is 31.4. The molecule has 5 rings (SSSR count). The standard InChI is InChI=1S/C26H30F2N6O3/c1-16-14-36-10-8-33(16)24-20-6-7-21(18-4-3-5-19(12-18)25(35)29-13-22(27)28)30-23(20)31-26(32-24)34-9-11-37-15-17(34)2/h3-7,12,16-17,22H,8-11,13-15H2,1-2H3,(H,29,35)/t16-,17-/m0/s1. The normalized spacial score (nSPS) is 20.5. The smallest absolute Gasteiger partial charge is 0.255 e. The van der Waals surface area contributed by atoms with Gasteiger partial charge in [-0.25, -0.2) is 13.8 Å². The topological polar surface area (TPSA) is 92.7 Å². The lowest BCUT2D eigenvalue weighted by Crippen LogP contribution is -2.46. The third kappa shape index (κ3) is 5.47. The minimum absolute atomic E-state index is 0.118. The number of anilines is 2. The summed E-state index contributed by atoms with van der Waals surface area (Å²) >= 11 is 0. The molecule has 2 aliphatic rings. The van der Waals surface area contributed by atoms with Gasteiger partial charge in [0.15, 0.2) is 5.65 Å². The van der Waals surface area contributed by atoms with Gasteiger partial charge in [0.25, 0.3) is 12.3 Å². The maximum atomic E-state index is 12.5. The molecular weight excluding hydrogens is 482 g/mol. The predicted octanol–water partition coefficient (Wildman–Crippen LogP) is 3.14. The fourth-order valence-electron chi connectivity index (χ4n) is 4.65. The van der Waals surface area contributed by atoms with E-state index in [1.807, 2.05) is 18.2 Å². The van der Waals surface area contributed by atoms with E-state index in [0.717, 1.165) is 11.2 Å². The van der Waals surface area contributed by atoms with Crippen molar-refractivity contribution in [1.82, 2.24) is 20.3 Å². The molecule has 0 aliphatic carbocycles. The van der Waals surface area contributed by atoms with Crippen molar-refractivity contribution in [2.45, 2.75) is 32.4 Å². The van der Waals surface area contributed by atoms with Crippen LogP contribution in [0, 0.1) is 0 Å². The van der Waals surface area contributed by atoms with Gasteiger partial charge in [-0.2, -0.15) is 9.97 Å². The number of alkyl halides is 2. The van der Waals surface area contributed by atoms with E-state index in [1.165, 1.54) is 0 Å². The van der Waals surface area contributed by atoms with E-state index >= 15 is 0 Å². The molecule has 2 saturated heterocycles.